The maximum Gasteiger partial charge on any atom is 0.340 e. The monoisotopic (exact) mass is 292 g/mol. The molecule has 0 amide bonds. The highest BCUT2D eigenvalue weighted by Crippen LogP contribution is 2.34. The van der Waals surface area contributed by atoms with E-state index >= 15 is 0 Å². The van der Waals surface area contributed by atoms with Crippen LogP contribution in [0.2, 0.25) is 0 Å². The van der Waals surface area contributed by atoms with Gasteiger partial charge in [-0.25, -0.2) is 4.79 Å². The Morgan fingerprint density at radius 1 is 1.52 bits per heavy atom. The number of hydrogen-bond donors (Lipinski definition) is 1. The van der Waals surface area contributed by atoms with E-state index in [1.807, 2.05) is 0 Å². The molecule has 3 rings (SSSR count). The Balaban J connectivity index is 1.68. The Kier molecular flexibility index (Phi) is 3.82. The molecule has 0 aliphatic carbocycles. The van der Waals surface area contributed by atoms with Crippen LogP contribution in [0.5, 0.6) is 0 Å². The number of aromatic nitrogens is 1. The summed E-state index contributed by atoms with van der Waals surface area (Å²) in [6.07, 6.45) is 3.65. The molecule has 2 atom stereocenters. The minimum Gasteiger partial charge on any atom is -0.459 e. The highest BCUT2D eigenvalue weighted by Gasteiger charge is 2.42. The second-order valence-corrected chi connectivity index (χ2v) is 5.76. The van der Waals surface area contributed by atoms with Crippen molar-refractivity contribution in [2.75, 3.05) is 25.6 Å². The molecule has 3 heterocycles. The van der Waals surface area contributed by atoms with Gasteiger partial charge in [0.25, 0.3) is 0 Å². The predicted octanol–water partition coefficient (Wildman–Crippen LogP) is 1.47. The van der Waals surface area contributed by atoms with Gasteiger partial charge in [-0.1, -0.05) is 0 Å². The number of anilines is 1. The quantitative estimate of drug-likeness (QED) is 0.831. The van der Waals surface area contributed by atoms with Crippen LogP contribution in [0.15, 0.2) is 12.3 Å². The molecule has 6 heteroatoms. The van der Waals surface area contributed by atoms with Gasteiger partial charge in [-0.2, -0.15) is 0 Å². The van der Waals surface area contributed by atoms with Crippen molar-refractivity contribution in [3.05, 3.63) is 23.5 Å². The maximum absolute atomic E-state index is 12.3. The molecule has 0 aromatic carbocycles. The smallest absolute Gasteiger partial charge is 0.340 e. The molecule has 2 unspecified atom stereocenters. The molecule has 0 radical (unpaired) electrons. The number of nitrogen functional groups attached to an aromatic ring is 1. The van der Waals surface area contributed by atoms with Crippen molar-refractivity contribution < 1.29 is 19.0 Å². The molecule has 1 aromatic heterocycles. The SMILES string of the molecule is Cc1ncc(N)cc1C(=O)OC1CCOC2(CCOC2)C1. The van der Waals surface area contributed by atoms with E-state index in [1.54, 1.807) is 13.0 Å². The number of esters is 1. The molecule has 114 valence electrons. The molecule has 1 aromatic rings. The fraction of sp³-hybridized carbons (Fsp3) is 0.600. The Labute approximate surface area is 123 Å². The van der Waals surface area contributed by atoms with E-state index in [2.05, 4.69) is 4.98 Å². The number of aryl methyl sites for hydroxylation is 1. The Morgan fingerprint density at radius 2 is 2.38 bits per heavy atom. The number of nitrogens with zero attached hydrogens (tertiary/aromatic N) is 1. The lowest BCUT2D eigenvalue weighted by Crippen LogP contribution is -2.43. The van der Waals surface area contributed by atoms with Gasteiger partial charge in [0.15, 0.2) is 0 Å². The van der Waals surface area contributed by atoms with E-state index < -0.39 is 0 Å². The van der Waals surface area contributed by atoms with Crippen LogP contribution >= 0.6 is 0 Å². The van der Waals surface area contributed by atoms with Gasteiger partial charge < -0.3 is 19.9 Å². The second-order valence-electron chi connectivity index (χ2n) is 5.76. The molecule has 2 saturated heterocycles. The van der Waals surface area contributed by atoms with Gasteiger partial charge in [-0.15, -0.1) is 0 Å². The van der Waals surface area contributed by atoms with Gasteiger partial charge >= 0.3 is 5.97 Å². The standard InChI is InChI=1S/C15H20N2O4/c1-10-13(6-11(16)8-17-10)14(18)21-12-2-4-20-15(7-12)3-5-19-9-15/h6,8,12H,2-5,7,9,16H2,1H3. The Hall–Kier alpha value is -1.66. The van der Waals surface area contributed by atoms with Gasteiger partial charge in [0.05, 0.1) is 42.0 Å². The first-order valence-electron chi connectivity index (χ1n) is 7.23. The summed E-state index contributed by atoms with van der Waals surface area (Å²) in [7, 11) is 0. The molecule has 2 aliphatic heterocycles. The molecule has 2 N–H and O–H groups in total. The minimum atomic E-state index is -0.367. The number of hydrogen-bond acceptors (Lipinski definition) is 6. The van der Waals surface area contributed by atoms with Crippen LogP contribution in [0.1, 0.15) is 35.3 Å². The lowest BCUT2D eigenvalue weighted by molar-refractivity contribution is -0.120. The molecule has 1 spiro atoms. The van der Waals surface area contributed by atoms with Crippen molar-refractivity contribution >= 4 is 11.7 Å². The van der Waals surface area contributed by atoms with E-state index in [9.17, 15) is 4.79 Å². The number of rotatable bonds is 2. The summed E-state index contributed by atoms with van der Waals surface area (Å²) >= 11 is 0. The summed E-state index contributed by atoms with van der Waals surface area (Å²) in [5, 5.41) is 0. The fourth-order valence-corrected chi connectivity index (χ4v) is 2.92. The molecule has 2 fully saturated rings. The lowest BCUT2D eigenvalue weighted by atomic mass is 9.91. The van der Waals surface area contributed by atoms with Gasteiger partial charge in [-0.05, 0) is 13.0 Å². The van der Waals surface area contributed by atoms with Crippen LogP contribution in [0.25, 0.3) is 0 Å². The molecule has 0 bridgehead atoms. The first kappa shape index (κ1) is 14.3. The van der Waals surface area contributed by atoms with Crippen molar-refractivity contribution in [3.8, 4) is 0 Å². The number of nitrogens with two attached hydrogens (primary N) is 1. The van der Waals surface area contributed by atoms with Crippen molar-refractivity contribution in [1.29, 1.82) is 0 Å². The summed E-state index contributed by atoms with van der Waals surface area (Å²) in [5.41, 5.74) is 6.93. The van der Waals surface area contributed by atoms with Crippen molar-refractivity contribution in [1.82, 2.24) is 4.98 Å². The molecule has 0 saturated carbocycles. The van der Waals surface area contributed by atoms with E-state index in [4.69, 9.17) is 19.9 Å². The lowest BCUT2D eigenvalue weighted by Gasteiger charge is -2.36. The summed E-state index contributed by atoms with van der Waals surface area (Å²) in [4.78, 5) is 16.4. The summed E-state index contributed by atoms with van der Waals surface area (Å²) in [6, 6.07) is 1.61. The molecule has 21 heavy (non-hydrogen) atoms. The van der Waals surface area contributed by atoms with Gasteiger partial charge in [0, 0.05) is 25.9 Å². The third-order valence-corrected chi connectivity index (χ3v) is 4.12. The van der Waals surface area contributed by atoms with Crippen LogP contribution in [-0.4, -0.2) is 42.5 Å². The Morgan fingerprint density at radius 3 is 3.14 bits per heavy atom. The van der Waals surface area contributed by atoms with Crippen LogP contribution in [0.3, 0.4) is 0 Å². The van der Waals surface area contributed by atoms with Crippen molar-refractivity contribution in [2.24, 2.45) is 0 Å². The molecular formula is C15H20N2O4. The minimum absolute atomic E-state index is 0.145. The van der Waals surface area contributed by atoms with E-state index in [-0.39, 0.29) is 17.7 Å². The normalized spacial score (nSPS) is 28.7. The summed E-state index contributed by atoms with van der Waals surface area (Å²) in [6.45, 7) is 3.65. The second kappa shape index (κ2) is 5.61. The van der Waals surface area contributed by atoms with Crippen molar-refractivity contribution in [2.45, 2.75) is 37.9 Å². The zero-order valence-corrected chi connectivity index (χ0v) is 12.1. The van der Waals surface area contributed by atoms with Gasteiger partial charge in [0.2, 0.25) is 0 Å². The number of ether oxygens (including phenoxy) is 3. The highest BCUT2D eigenvalue weighted by molar-refractivity contribution is 5.91. The van der Waals surface area contributed by atoms with Gasteiger partial charge in [0.1, 0.15) is 6.10 Å². The average molecular weight is 292 g/mol. The van der Waals surface area contributed by atoms with Crippen molar-refractivity contribution in [3.63, 3.8) is 0 Å². The first-order valence-corrected chi connectivity index (χ1v) is 7.23. The number of pyridine rings is 1. The zero-order valence-electron chi connectivity index (χ0n) is 12.1. The number of carbonyl (C=O) groups excluding carboxylic acids is 1. The fourth-order valence-electron chi connectivity index (χ4n) is 2.92. The van der Waals surface area contributed by atoms with Crippen LogP contribution in [0, 0.1) is 6.92 Å². The predicted molar refractivity (Wildman–Crippen MR) is 75.9 cm³/mol. The van der Waals surface area contributed by atoms with Gasteiger partial charge in [-0.3, -0.25) is 4.98 Å². The summed E-state index contributed by atoms with van der Waals surface area (Å²) < 4.78 is 16.9. The molecule has 6 nitrogen and oxygen atoms in total. The zero-order chi connectivity index (χ0) is 14.9. The number of carbonyl (C=O) groups is 1. The van der Waals surface area contributed by atoms with E-state index in [0.29, 0.717) is 49.6 Å². The first-order chi connectivity index (χ1) is 10.1. The average Bonchev–Trinajstić information content (AvgIpc) is 2.89. The molecule has 2 aliphatic rings. The van der Waals surface area contributed by atoms with Crippen LogP contribution in [-0.2, 0) is 14.2 Å². The summed E-state index contributed by atoms with van der Waals surface area (Å²) in [5.74, 6) is -0.367. The van der Waals surface area contributed by atoms with Crippen LogP contribution < -0.4 is 5.73 Å². The van der Waals surface area contributed by atoms with Crippen LogP contribution in [0.4, 0.5) is 5.69 Å². The van der Waals surface area contributed by atoms with E-state index in [0.717, 1.165) is 6.42 Å². The molecular weight excluding hydrogens is 272 g/mol. The maximum atomic E-state index is 12.3. The highest BCUT2D eigenvalue weighted by atomic mass is 16.6. The topological polar surface area (TPSA) is 83.7 Å². The third-order valence-electron chi connectivity index (χ3n) is 4.12. The largest absolute Gasteiger partial charge is 0.459 e. The Bertz CT molecular complexity index is 540. The third kappa shape index (κ3) is 3.01. The van der Waals surface area contributed by atoms with E-state index in [1.165, 1.54) is 6.20 Å².